The number of benzene rings is 1. The van der Waals surface area contributed by atoms with E-state index in [2.05, 4.69) is 20.7 Å². The van der Waals surface area contributed by atoms with E-state index in [9.17, 15) is 16.8 Å². The zero-order valence-electron chi connectivity index (χ0n) is 13.2. The van der Waals surface area contributed by atoms with Crippen LogP contribution in [0.1, 0.15) is 10.8 Å². The van der Waals surface area contributed by atoms with Crippen LogP contribution in [0.25, 0.3) is 0 Å². The van der Waals surface area contributed by atoms with Crippen LogP contribution in [0.5, 0.6) is 0 Å². The van der Waals surface area contributed by atoms with Crippen LogP contribution in [0.2, 0.25) is 0 Å². The number of halogens is 1. The average Bonchev–Trinajstić information content (AvgIpc) is 3.27. The van der Waals surface area contributed by atoms with E-state index in [1.165, 1.54) is 12.1 Å². The number of sulfonamides is 1. The highest BCUT2D eigenvalue weighted by atomic mass is 79.9. The maximum atomic E-state index is 13.0. The van der Waals surface area contributed by atoms with Crippen molar-refractivity contribution in [2.45, 2.75) is 13.7 Å². The summed E-state index contributed by atoms with van der Waals surface area (Å²) in [5.41, 5.74) is 0.538. The van der Waals surface area contributed by atoms with Gasteiger partial charge in [0.25, 0.3) is 0 Å². The van der Waals surface area contributed by atoms with Crippen LogP contribution < -0.4 is 4.72 Å². The zero-order valence-corrected chi connectivity index (χ0v) is 18.1. The molecule has 0 saturated carbocycles. The van der Waals surface area contributed by atoms with Crippen molar-refractivity contribution < 1.29 is 16.8 Å². The van der Waals surface area contributed by atoms with Gasteiger partial charge < -0.3 is 0 Å². The molecule has 0 spiro atoms. The lowest BCUT2D eigenvalue weighted by Crippen LogP contribution is -2.31. The highest BCUT2D eigenvalue weighted by molar-refractivity contribution is 9.11. The maximum Gasteiger partial charge on any atom is 0.250 e. The maximum absolute atomic E-state index is 13.0. The van der Waals surface area contributed by atoms with E-state index in [1.54, 1.807) is 47.8 Å². The molecule has 0 fully saturated rings. The standard InChI is InChI=1S/C16H14BrNO4S4/c17-14-8-9-16(24-14)26(21,22)18-11-13(12-5-2-1-3-6-12)25(19,20)15-7-4-10-23-15/h1-10,13,18H,11H2/t13-/m0/s1. The molecule has 0 amide bonds. The lowest BCUT2D eigenvalue weighted by Gasteiger charge is -2.18. The molecule has 0 aliphatic carbocycles. The fourth-order valence-corrected chi connectivity index (χ4v) is 8.41. The number of nitrogens with one attached hydrogen (secondary N) is 1. The fraction of sp³-hybridized carbons (Fsp3) is 0.125. The molecule has 5 nitrogen and oxygen atoms in total. The SMILES string of the molecule is O=S(=O)(NC[C@@H](c1ccccc1)S(=O)(=O)c1cccs1)c1ccc(Br)s1. The van der Waals surface area contributed by atoms with Crippen LogP contribution in [-0.4, -0.2) is 23.4 Å². The smallest absolute Gasteiger partial charge is 0.222 e. The van der Waals surface area contributed by atoms with Crippen molar-refractivity contribution in [2.24, 2.45) is 0 Å². The third-order valence-corrected chi connectivity index (χ3v) is 10.7. The Morgan fingerprint density at radius 3 is 2.23 bits per heavy atom. The third kappa shape index (κ3) is 4.26. The first-order chi connectivity index (χ1) is 12.3. The number of hydrogen-bond donors (Lipinski definition) is 1. The molecule has 0 bridgehead atoms. The molecule has 1 aromatic carbocycles. The summed E-state index contributed by atoms with van der Waals surface area (Å²) in [5, 5.41) is 0.669. The lowest BCUT2D eigenvalue weighted by atomic mass is 10.1. The largest absolute Gasteiger partial charge is 0.250 e. The second-order valence-corrected chi connectivity index (χ2v) is 13.0. The predicted molar refractivity (Wildman–Crippen MR) is 108 cm³/mol. The highest BCUT2D eigenvalue weighted by Crippen LogP contribution is 2.32. The van der Waals surface area contributed by atoms with Crippen molar-refractivity contribution >= 4 is 58.5 Å². The molecule has 1 N–H and O–H groups in total. The van der Waals surface area contributed by atoms with Gasteiger partial charge in [-0.15, -0.1) is 22.7 Å². The van der Waals surface area contributed by atoms with Gasteiger partial charge in [0.2, 0.25) is 10.0 Å². The first kappa shape index (κ1) is 19.7. The molecule has 0 aliphatic rings. The molecular weight excluding hydrogens is 478 g/mol. The predicted octanol–water partition coefficient (Wildman–Crippen LogP) is 4.07. The second-order valence-electron chi connectivity index (χ2n) is 5.29. The topological polar surface area (TPSA) is 80.3 Å². The van der Waals surface area contributed by atoms with Gasteiger partial charge in [-0.05, 0) is 45.1 Å². The second kappa shape index (κ2) is 7.91. The van der Waals surface area contributed by atoms with Crippen molar-refractivity contribution in [3.63, 3.8) is 0 Å². The van der Waals surface area contributed by atoms with Crippen molar-refractivity contribution in [3.8, 4) is 0 Å². The molecule has 10 heteroatoms. The molecule has 138 valence electrons. The number of hydrogen-bond acceptors (Lipinski definition) is 6. The van der Waals surface area contributed by atoms with E-state index < -0.39 is 25.1 Å². The fourth-order valence-electron chi connectivity index (χ4n) is 2.34. The summed E-state index contributed by atoms with van der Waals surface area (Å²) >= 11 is 5.41. The Hall–Kier alpha value is -1.04. The van der Waals surface area contributed by atoms with Crippen molar-refractivity contribution in [1.29, 1.82) is 0 Å². The van der Waals surface area contributed by atoms with Gasteiger partial charge in [-0.3, -0.25) is 0 Å². The minimum absolute atomic E-state index is 0.129. The van der Waals surface area contributed by atoms with Gasteiger partial charge in [0.1, 0.15) is 13.7 Å². The van der Waals surface area contributed by atoms with E-state index in [-0.39, 0.29) is 15.0 Å². The van der Waals surface area contributed by atoms with Crippen LogP contribution in [0.4, 0.5) is 0 Å². The van der Waals surface area contributed by atoms with Gasteiger partial charge in [-0.2, -0.15) is 0 Å². The number of thiophene rings is 2. The summed E-state index contributed by atoms with van der Waals surface area (Å²) in [6, 6.07) is 14.9. The molecule has 2 heterocycles. The van der Waals surface area contributed by atoms with Crippen molar-refractivity contribution in [1.82, 2.24) is 4.72 Å². The molecule has 0 saturated heterocycles. The molecular formula is C16H14BrNO4S4. The summed E-state index contributed by atoms with van der Waals surface area (Å²) in [6.45, 7) is -0.248. The summed E-state index contributed by atoms with van der Waals surface area (Å²) in [6.07, 6.45) is 0. The van der Waals surface area contributed by atoms with Crippen LogP contribution in [0.3, 0.4) is 0 Å². The zero-order chi connectivity index (χ0) is 18.8. The quantitative estimate of drug-likeness (QED) is 0.540. The Morgan fingerprint density at radius 2 is 1.65 bits per heavy atom. The van der Waals surface area contributed by atoms with Gasteiger partial charge >= 0.3 is 0 Å². The monoisotopic (exact) mass is 491 g/mol. The van der Waals surface area contributed by atoms with Gasteiger partial charge in [0.05, 0.1) is 3.79 Å². The highest BCUT2D eigenvalue weighted by Gasteiger charge is 2.31. The van der Waals surface area contributed by atoms with Crippen molar-refractivity contribution in [2.75, 3.05) is 6.54 Å². The molecule has 3 rings (SSSR count). The van der Waals surface area contributed by atoms with Crippen LogP contribution in [-0.2, 0) is 19.9 Å². The van der Waals surface area contributed by atoms with Crippen LogP contribution in [0, 0.1) is 0 Å². The van der Waals surface area contributed by atoms with E-state index in [4.69, 9.17) is 0 Å². The van der Waals surface area contributed by atoms with Crippen LogP contribution in [0.15, 0.2) is 72.2 Å². The van der Waals surface area contributed by atoms with Gasteiger partial charge in [-0.1, -0.05) is 36.4 Å². The van der Waals surface area contributed by atoms with Crippen LogP contribution >= 0.6 is 38.6 Å². The van der Waals surface area contributed by atoms with Gasteiger partial charge in [0.15, 0.2) is 9.84 Å². The van der Waals surface area contributed by atoms with E-state index in [1.807, 2.05) is 0 Å². The van der Waals surface area contributed by atoms with Gasteiger partial charge in [-0.25, -0.2) is 21.6 Å². The summed E-state index contributed by atoms with van der Waals surface area (Å²) in [7, 11) is -7.52. The first-order valence-electron chi connectivity index (χ1n) is 7.38. The Kier molecular flexibility index (Phi) is 6.00. The molecule has 0 aliphatic heterocycles. The average molecular weight is 492 g/mol. The number of sulfone groups is 1. The van der Waals surface area contributed by atoms with Crippen molar-refractivity contribution in [3.05, 3.63) is 69.3 Å². The Bertz CT molecular complexity index is 1070. The Labute approximate surface area is 168 Å². The summed E-state index contributed by atoms with van der Waals surface area (Å²) in [5.74, 6) is 0. The number of rotatable bonds is 7. The minimum Gasteiger partial charge on any atom is -0.222 e. The molecule has 2 aromatic heterocycles. The van der Waals surface area contributed by atoms with E-state index in [0.29, 0.717) is 9.35 Å². The first-order valence-corrected chi connectivity index (χ1v) is 12.9. The molecule has 3 aromatic rings. The lowest BCUT2D eigenvalue weighted by molar-refractivity contribution is 0.571. The Balaban J connectivity index is 1.93. The summed E-state index contributed by atoms with van der Waals surface area (Å²) < 4.78 is 54.5. The normalized spacial score (nSPS) is 13.6. The summed E-state index contributed by atoms with van der Waals surface area (Å²) in [4.78, 5) is 0. The molecule has 0 unspecified atom stereocenters. The van der Waals surface area contributed by atoms with E-state index in [0.717, 1.165) is 22.7 Å². The van der Waals surface area contributed by atoms with Gasteiger partial charge in [0, 0.05) is 6.54 Å². The third-order valence-electron chi connectivity index (χ3n) is 3.59. The Morgan fingerprint density at radius 1 is 0.923 bits per heavy atom. The molecule has 0 radical (unpaired) electrons. The minimum atomic E-state index is -3.79. The van der Waals surface area contributed by atoms with E-state index >= 15 is 0 Å². The molecule has 1 atom stereocenters. The molecule has 26 heavy (non-hydrogen) atoms.